The highest BCUT2D eigenvalue weighted by atomic mass is 16.5. The number of methoxy groups -OCH3 is 1. The topological polar surface area (TPSA) is 70.1 Å². The minimum atomic E-state index is -0.662. The van der Waals surface area contributed by atoms with Gasteiger partial charge in [0.15, 0.2) is 0 Å². The number of aliphatic hydroxyl groups excluding tert-OH is 1. The molecule has 1 atom stereocenters. The van der Waals surface area contributed by atoms with Crippen LogP contribution in [0.1, 0.15) is 42.5 Å². The van der Waals surface area contributed by atoms with Gasteiger partial charge >= 0.3 is 0 Å². The third-order valence-corrected chi connectivity index (χ3v) is 5.61. The molecular formula is C25H30N2O4. The summed E-state index contributed by atoms with van der Waals surface area (Å²) in [5.74, 6) is -0.414. The molecule has 1 aliphatic heterocycles. The minimum Gasteiger partial charge on any atom is -0.507 e. The quantitative estimate of drug-likeness (QED) is 0.418. The van der Waals surface area contributed by atoms with E-state index >= 15 is 0 Å². The summed E-state index contributed by atoms with van der Waals surface area (Å²) in [6.07, 6.45) is 0. The third kappa shape index (κ3) is 4.64. The predicted molar refractivity (Wildman–Crippen MR) is 121 cm³/mol. The SMILES string of the molecule is COc1ccc(/C(O)=C2\C(=O)C(=O)N(CCN(C)C)[C@H]2c2ccc(C(C)C)cc2)cc1. The molecular weight excluding hydrogens is 392 g/mol. The minimum absolute atomic E-state index is 0.117. The number of hydrogen-bond donors (Lipinski definition) is 1. The van der Waals surface area contributed by atoms with Crippen LogP contribution in [0.3, 0.4) is 0 Å². The van der Waals surface area contributed by atoms with Crippen molar-refractivity contribution in [2.75, 3.05) is 34.3 Å². The summed E-state index contributed by atoms with van der Waals surface area (Å²) in [4.78, 5) is 29.4. The van der Waals surface area contributed by atoms with E-state index in [1.54, 1.807) is 36.3 Å². The van der Waals surface area contributed by atoms with Crippen molar-refractivity contribution in [1.82, 2.24) is 9.80 Å². The summed E-state index contributed by atoms with van der Waals surface area (Å²) >= 11 is 0. The van der Waals surface area contributed by atoms with Crippen molar-refractivity contribution in [2.45, 2.75) is 25.8 Å². The van der Waals surface area contributed by atoms with Crippen LogP contribution < -0.4 is 4.74 Å². The summed E-state index contributed by atoms with van der Waals surface area (Å²) < 4.78 is 5.17. The van der Waals surface area contributed by atoms with Gasteiger partial charge in [-0.3, -0.25) is 9.59 Å². The molecule has 0 aromatic heterocycles. The van der Waals surface area contributed by atoms with E-state index in [1.807, 2.05) is 43.3 Å². The van der Waals surface area contributed by atoms with Gasteiger partial charge in [-0.2, -0.15) is 0 Å². The lowest BCUT2D eigenvalue weighted by molar-refractivity contribution is -0.140. The Balaban J connectivity index is 2.11. The molecule has 2 aromatic rings. The fourth-order valence-electron chi connectivity index (χ4n) is 3.73. The van der Waals surface area contributed by atoms with Crippen molar-refractivity contribution in [2.24, 2.45) is 0 Å². The van der Waals surface area contributed by atoms with Gasteiger partial charge in [0, 0.05) is 18.7 Å². The average molecular weight is 423 g/mol. The number of aliphatic hydroxyl groups is 1. The fraction of sp³-hybridized carbons (Fsp3) is 0.360. The molecule has 31 heavy (non-hydrogen) atoms. The van der Waals surface area contributed by atoms with E-state index in [2.05, 4.69) is 13.8 Å². The van der Waals surface area contributed by atoms with E-state index in [0.29, 0.717) is 30.3 Å². The second-order valence-electron chi connectivity index (χ2n) is 8.35. The number of carbonyl (C=O) groups is 2. The summed E-state index contributed by atoms with van der Waals surface area (Å²) in [5, 5.41) is 11.1. The first-order valence-corrected chi connectivity index (χ1v) is 10.4. The van der Waals surface area contributed by atoms with Crippen LogP contribution in [0, 0.1) is 0 Å². The first kappa shape index (κ1) is 22.6. The number of ether oxygens (including phenoxy) is 1. The van der Waals surface area contributed by atoms with E-state index in [0.717, 1.165) is 5.56 Å². The third-order valence-electron chi connectivity index (χ3n) is 5.61. The highest BCUT2D eigenvalue weighted by Gasteiger charge is 2.45. The molecule has 6 nitrogen and oxygen atoms in total. The van der Waals surface area contributed by atoms with Gasteiger partial charge < -0.3 is 19.6 Å². The van der Waals surface area contributed by atoms with Crippen molar-refractivity contribution < 1.29 is 19.4 Å². The summed E-state index contributed by atoms with van der Waals surface area (Å²) in [5.41, 5.74) is 2.56. The zero-order valence-corrected chi connectivity index (χ0v) is 18.8. The Kier molecular flexibility index (Phi) is 6.81. The normalized spacial score (nSPS) is 18.3. The van der Waals surface area contributed by atoms with E-state index in [-0.39, 0.29) is 11.3 Å². The van der Waals surface area contributed by atoms with Gasteiger partial charge in [-0.15, -0.1) is 0 Å². The van der Waals surface area contributed by atoms with Crippen molar-refractivity contribution in [3.63, 3.8) is 0 Å². The van der Waals surface area contributed by atoms with E-state index in [9.17, 15) is 14.7 Å². The molecule has 2 aromatic carbocycles. The Labute approximate surface area is 183 Å². The number of ketones is 1. The first-order chi connectivity index (χ1) is 14.7. The zero-order chi connectivity index (χ0) is 22.7. The van der Waals surface area contributed by atoms with Crippen LogP contribution in [0.15, 0.2) is 54.1 Å². The Bertz CT molecular complexity index is 976. The Morgan fingerprint density at radius 3 is 2.19 bits per heavy atom. The molecule has 0 radical (unpaired) electrons. The summed E-state index contributed by atoms with van der Waals surface area (Å²) in [6, 6.07) is 14.1. The first-order valence-electron chi connectivity index (χ1n) is 10.4. The molecule has 164 valence electrons. The number of nitrogens with zero attached hydrogens (tertiary/aromatic N) is 2. The smallest absolute Gasteiger partial charge is 0.295 e. The number of benzene rings is 2. The number of rotatable bonds is 7. The average Bonchev–Trinajstić information content (AvgIpc) is 3.02. The highest BCUT2D eigenvalue weighted by molar-refractivity contribution is 6.46. The van der Waals surface area contributed by atoms with Gasteiger partial charge in [-0.05, 0) is 55.4 Å². The predicted octanol–water partition coefficient (Wildman–Crippen LogP) is 3.80. The van der Waals surface area contributed by atoms with Crippen molar-refractivity contribution in [1.29, 1.82) is 0 Å². The maximum Gasteiger partial charge on any atom is 0.295 e. The molecule has 1 amide bonds. The number of hydrogen-bond acceptors (Lipinski definition) is 5. The van der Waals surface area contributed by atoms with Crippen molar-refractivity contribution >= 4 is 17.4 Å². The van der Waals surface area contributed by atoms with E-state index in [4.69, 9.17) is 4.74 Å². The van der Waals surface area contributed by atoms with E-state index < -0.39 is 17.7 Å². The van der Waals surface area contributed by atoms with Crippen LogP contribution in [-0.2, 0) is 9.59 Å². The van der Waals surface area contributed by atoms with Crippen molar-refractivity contribution in [3.05, 3.63) is 70.8 Å². The highest BCUT2D eigenvalue weighted by Crippen LogP contribution is 2.39. The van der Waals surface area contributed by atoms with Gasteiger partial charge in [-0.1, -0.05) is 38.1 Å². The number of likely N-dealkylation sites (N-methyl/N-ethyl adjacent to an activating group) is 1. The Hall–Kier alpha value is -3.12. The van der Waals surface area contributed by atoms with Gasteiger partial charge in [0.25, 0.3) is 11.7 Å². The van der Waals surface area contributed by atoms with Crippen LogP contribution in [0.25, 0.3) is 5.76 Å². The molecule has 1 fully saturated rings. The molecule has 1 N–H and O–H groups in total. The molecule has 0 unspecified atom stereocenters. The second-order valence-corrected chi connectivity index (χ2v) is 8.35. The Morgan fingerprint density at radius 2 is 1.68 bits per heavy atom. The van der Waals surface area contributed by atoms with Crippen LogP contribution >= 0.6 is 0 Å². The maximum atomic E-state index is 13.0. The molecule has 0 bridgehead atoms. The number of carbonyl (C=O) groups excluding carboxylic acids is 2. The maximum absolute atomic E-state index is 13.0. The van der Waals surface area contributed by atoms with Gasteiger partial charge in [0.2, 0.25) is 0 Å². The van der Waals surface area contributed by atoms with Crippen LogP contribution in [-0.4, -0.2) is 60.9 Å². The molecule has 0 saturated carbocycles. The van der Waals surface area contributed by atoms with Crippen molar-refractivity contribution in [3.8, 4) is 5.75 Å². The van der Waals surface area contributed by atoms with Gasteiger partial charge in [0.05, 0.1) is 18.7 Å². The fourth-order valence-corrected chi connectivity index (χ4v) is 3.73. The van der Waals surface area contributed by atoms with Gasteiger partial charge in [0.1, 0.15) is 11.5 Å². The number of likely N-dealkylation sites (tertiary alicyclic amines) is 1. The summed E-state index contributed by atoms with van der Waals surface area (Å²) in [6.45, 7) is 5.22. The van der Waals surface area contributed by atoms with Crippen LogP contribution in [0.4, 0.5) is 0 Å². The lowest BCUT2D eigenvalue weighted by atomic mass is 9.93. The molecule has 1 heterocycles. The Morgan fingerprint density at radius 1 is 1.06 bits per heavy atom. The molecule has 0 aliphatic carbocycles. The monoisotopic (exact) mass is 422 g/mol. The number of amides is 1. The lowest BCUT2D eigenvalue weighted by Gasteiger charge is -2.27. The molecule has 1 aliphatic rings. The molecule has 0 spiro atoms. The van der Waals surface area contributed by atoms with Gasteiger partial charge in [-0.25, -0.2) is 0 Å². The molecule has 6 heteroatoms. The standard InChI is InChI=1S/C25H30N2O4/c1-16(2)17-6-8-18(9-7-17)22-21(23(28)19-10-12-20(31-5)13-11-19)24(29)25(30)27(22)15-14-26(3)4/h6-13,16,22,28H,14-15H2,1-5H3/b23-21+/t22-/m0/s1. The molecule has 3 rings (SSSR count). The lowest BCUT2D eigenvalue weighted by Crippen LogP contribution is -2.35. The van der Waals surface area contributed by atoms with Crippen LogP contribution in [0.5, 0.6) is 5.75 Å². The zero-order valence-electron chi connectivity index (χ0n) is 18.8. The largest absolute Gasteiger partial charge is 0.507 e. The summed E-state index contributed by atoms with van der Waals surface area (Å²) in [7, 11) is 5.40. The van der Waals surface area contributed by atoms with E-state index in [1.165, 1.54) is 5.56 Å². The van der Waals surface area contributed by atoms with Crippen LogP contribution in [0.2, 0.25) is 0 Å². The second kappa shape index (κ2) is 9.35. The number of Topliss-reactive ketones (excluding diaryl/α,β-unsaturated/α-hetero) is 1. The molecule has 1 saturated heterocycles.